The number of nitro benzene ring substituents is 1. The van der Waals surface area contributed by atoms with Crippen LogP contribution in [0.25, 0.3) is 10.9 Å². The van der Waals surface area contributed by atoms with Crippen LogP contribution < -0.4 is 10.5 Å². The molecule has 0 saturated heterocycles. The molecule has 0 bridgehead atoms. The molecule has 1 amide bonds. The molecule has 2 N–H and O–H groups in total. The fourth-order valence-electron chi connectivity index (χ4n) is 2.25. The van der Waals surface area contributed by atoms with Gasteiger partial charge in [0.25, 0.3) is 11.6 Å². The smallest absolute Gasteiger partial charge is 0.273 e. The Balaban J connectivity index is 1.79. The third-order valence-corrected chi connectivity index (χ3v) is 3.41. The summed E-state index contributed by atoms with van der Waals surface area (Å²) in [5.74, 6) is -0.887. The molecule has 8 heteroatoms. The molecule has 2 aromatic carbocycles. The average Bonchev–Trinajstić information content (AvgIpc) is 3.04. The number of nitrogens with one attached hydrogen (secondary N) is 2. The lowest BCUT2D eigenvalue weighted by Crippen LogP contribution is -2.18. The maximum Gasteiger partial charge on any atom is 0.273 e. The number of aromatic nitrogens is 1. The average molecular weight is 323 g/mol. The van der Waals surface area contributed by atoms with Gasteiger partial charge in [-0.1, -0.05) is 23.9 Å². The third-order valence-electron chi connectivity index (χ3n) is 3.41. The summed E-state index contributed by atoms with van der Waals surface area (Å²) in [6.07, 6.45) is 2.81. The molecule has 0 fully saturated rings. The number of fused-ring (bicyclic) bond motifs is 1. The highest BCUT2D eigenvalue weighted by atomic mass is 16.6. The first-order chi connectivity index (χ1) is 11.6. The summed E-state index contributed by atoms with van der Waals surface area (Å²) >= 11 is 0. The van der Waals surface area contributed by atoms with E-state index in [-0.39, 0.29) is 11.3 Å². The summed E-state index contributed by atoms with van der Waals surface area (Å²) in [7, 11) is 0. The summed E-state index contributed by atoms with van der Waals surface area (Å²) in [6.45, 7) is 0. The van der Waals surface area contributed by atoms with E-state index in [1.165, 1.54) is 0 Å². The summed E-state index contributed by atoms with van der Waals surface area (Å²) < 4.78 is 0. The zero-order chi connectivity index (χ0) is 17.1. The minimum Gasteiger partial charge on any atom is -0.872 e. The van der Waals surface area contributed by atoms with Crippen LogP contribution in [0.1, 0.15) is 15.9 Å². The Labute approximate surface area is 135 Å². The second kappa shape index (κ2) is 6.21. The molecule has 0 unspecified atom stereocenters. The first-order valence-electron chi connectivity index (χ1n) is 6.91. The molecule has 120 valence electrons. The third kappa shape index (κ3) is 2.93. The number of non-ortho nitro benzene ring substituents is 1. The van der Waals surface area contributed by atoms with E-state index < -0.39 is 16.6 Å². The van der Waals surface area contributed by atoms with E-state index in [9.17, 15) is 20.0 Å². The lowest BCUT2D eigenvalue weighted by atomic mass is 10.1. The Morgan fingerprint density at radius 3 is 2.88 bits per heavy atom. The number of hydrogen-bond donors (Lipinski definition) is 2. The van der Waals surface area contributed by atoms with Crippen LogP contribution in [0.15, 0.2) is 53.8 Å². The van der Waals surface area contributed by atoms with Gasteiger partial charge < -0.3 is 10.1 Å². The van der Waals surface area contributed by atoms with Gasteiger partial charge in [0.1, 0.15) is 0 Å². The van der Waals surface area contributed by atoms with Crippen LogP contribution in [0, 0.1) is 10.1 Å². The minimum atomic E-state index is -0.610. The molecule has 0 aliphatic carbocycles. The van der Waals surface area contributed by atoms with Crippen LogP contribution in [-0.2, 0) is 0 Å². The SMILES string of the molecule is O=C(N/N=C\c1cc([N+](=O)[O-])ccc1[O-])c1cccc2cc[nH]c12. The predicted molar refractivity (Wildman–Crippen MR) is 85.9 cm³/mol. The lowest BCUT2D eigenvalue weighted by molar-refractivity contribution is -0.385. The van der Waals surface area contributed by atoms with Crippen LogP contribution in [0.3, 0.4) is 0 Å². The van der Waals surface area contributed by atoms with Crippen molar-refractivity contribution in [2.45, 2.75) is 0 Å². The number of aromatic amines is 1. The number of nitro groups is 1. The molecule has 1 aromatic heterocycles. The molecule has 1 heterocycles. The lowest BCUT2D eigenvalue weighted by Gasteiger charge is -2.08. The van der Waals surface area contributed by atoms with Crippen molar-refractivity contribution in [3.8, 4) is 5.75 Å². The van der Waals surface area contributed by atoms with E-state index in [2.05, 4.69) is 15.5 Å². The number of H-pyrrole nitrogens is 1. The van der Waals surface area contributed by atoms with E-state index in [0.717, 1.165) is 29.8 Å². The van der Waals surface area contributed by atoms with Crippen LogP contribution >= 0.6 is 0 Å². The number of para-hydroxylation sites is 1. The van der Waals surface area contributed by atoms with Crippen molar-refractivity contribution in [2.24, 2.45) is 5.10 Å². The Bertz CT molecular complexity index is 962. The van der Waals surface area contributed by atoms with Gasteiger partial charge in [-0.15, -0.1) is 0 Å². The fourth-order valence-corrected chi connectivity index (χ4v) is 2.25. The number of nitrogens with zero attached hydrogens (tertiary/aromatic N) is 2. The molecule has 0 atom stereocenters. The highest BCUT2D eigenvalue weighted by Crippen LogP contribution is 2.19. The van der Waals surface area contributed by atoms with Crippen molar-refractivity contribution in [1.29, 1.82) is 0 Å². The molecular weight excluding hydrogens is 312 g/mol. The van der Waals surface area contributed by atoms with Gasteiger partial charge in [0.2, 0.25) is 0 Å². The van der Waals surface area contributed by atoms with E-state index in [1.54, 1.807) is 18.3 Å². The Morgan fingerprint density at radius 2 is 2.08 bits per heavy atom. The van der Waals surface area contributed by atoms with E-state index in [4.69, 9.17) is 0 Å². The molecule has 0 radical (unpaired) electrons. The van der Waals surface area contributed by atoms with Crippen molar-refractivity contribution in [1.82, 2.24) is 10.4 Å². The molecule has 0 aliphatic rings. The Hall–Kier alpha value is -3.68. The molecule has 8 nitrogen and oxygen atoms in total. The topological polar surface area (TPSA) is 123 Å². The summed E-state index contributed by atoms with van der Waals surface area (Å²) in [5.41, 5.74) is 3.17. The number of rotatable bonds is 4. The highest BCUT2D eigenvalue weighted by molar-refractivity contribution is 6.05. The van der Waals surface area contributed by atoms with Gasteiger partial charge in [0.05, 0.1) is 22.2 Å². The number of carbonyl (C=O) groups is 1. The Morgan fingerprint density at radius 1 is 1.25 bits per heavy atom. The quantitative estimate of drug-likeness (QED) is 0.432. The van der Waals surface area contributed by atoms with Gasteiger partial charge in [-0.3, -0.25) is 14.9 Å². The molecular formula is C16H11N4O4-. The minimum absolute atomic E-state index is 0.0163. The molecule has 24 heavy (non-hydrogen) atoms. The van der Waals surface area contributed by atoms with E-state index in [1.807, 2.05) is 12.1 Å². The van der Waals surface area contributed by atoms with Gasteiger partial charge in [0, 0.05) is 23.7 Å². The fraction of sp³-hybridized carbons (Fsp3) is 0. The van der Waals surface area contributed by atoms with Crippen LogP contribution in [0.2, 0.25) is 0 Å². The van der Waals surface area contributed by atoms with Crippen molar-refractivity contribution in [3.63, 3.8) is 0 Å². The normalized spacial score (nSPS) is 11.0. The van der Waals surface area contributed by atoms with Crippen molar-refractivity contribution in [3.05, 3.63) is 69.9 Å². The Kier molecular flexibility index (Phi) is 3.94. The van der Waals surface area contributed by atoms with Gasteiger partial charge in [-0.25, -0.2) is 5.43 Å². The van der Waals surface area contributed by atoms with Crippen LogP contribution in [-0.4, -0.2) is 22.0 Å². The van der Waals surface area contributed by atoms with Gasteiger partial charge in [0.15, 0.2) is 0 Å². The second-order valence-electron chi connectivity index (χ2n) is 4.93. The zero-order valence-electron chi connectivity index (χ0n) is 12.2. The largest absolute Gasteiger partial charge is 0.872 e. The number of carbonyl (C=O) groups excluding carboxylic acids is 1. The monoisotopic (exact) mass is 323 g/mol. The number of benzene rings is 2. The second-order valence-corrected chi connectivity index (χ2v) is 4.93. The molecule has 3 aromatic rings. The standard InChI is InChI=1S/C16H12N4O4/c21-14-5-4-12(20(23)24)8-11(14)9-18-19-16(22)13-3-1-2-10-6-7-17-15(10)13/h1-9,17,21H,(H,19,22)/p-1/b18-9-. The predicted octanol–water partition coefficient (Wildman–Crippen LogP) is 1.91. The first kappa shape index (κ1) is 15.2. The van der Waals surface area contributed by atoms with Gasteiger partial charge >= 0.3 is 0 Å². The van der Waals surface area contributed by atoms with E-state index in [0.29, 0.717) is 11.1 Å². The number of hydrazone groups is 1. The van der Waals surface area contributed by atoms with Crippen LogP contribution in [0.5, 0.6) is 5.75 Å². The highest BCUT2D eigenvalue weighted by Gasteiger charge is 2.10. The maximum atomic E-state index is 12.2. The van der Waals surface area contributed by atoms with Gasteiger partial charge in [-0.2, -0.15) is 5.10 Å². The summed E-state index contributed by atoms with van der Waals surface area (Å²) in [4.78, 5) is 25.3. The summed E-state index contributed by atoms with van der Waals surface area (Å²) in [6, 6.07) is 10.4. The molecule has 3 rings (SSSR count). The first-order valence-corrected chi connectivity index (χ1v) is 6.91. The zero-order valence-corrected chi connectivity index (χ0v) is 12.2. The number of amides is 1. The van der Waals surface area contributed by atoms with Crippen LogP contribution in [0.4, 0.5) is 5.69 Å². The molecule has 0 saturated carbocycles. The number of hydrogen-bond acceptors (Lipinski definition) is 5. The maximum absolute atomic E-state index is 12.2. The van der Waals surface area contributed by atoms with Crippen molar-refractivity contribution >= 4 is 28.7 Å². The molecule has 0 spiro atoms. The van der Waals surface area contributed by atoms with Crippen molar-refractivity contribution < 1.29 is 14.8 Å². The van der Waals surface area contributed by atoms with Gasteiger partial charge in [-0.05, 0) is 17.7 Å². The van der Waals surface area contributed by atoms with Crippen molar-refractivity contribution in [2.75, 3.05) is 0 Å². The van der Waals surface area contributed by atoms with E-state index >= 15 is 0 Å². The summed E-state index contributed by atoms with van der Waals surface area (Å²) in [5, 5.41) is 27.0. The molecule has 0 aliphatic heterocycles.